The molecule has 5 aromatic heterocycles. The van der Waals surface area contributed by atoms with E-state index in [0.717, 1.165) is 39.4 Å². The third kappa shape index (κ3) is 7.14. The minimum Gasteiger partial charge on any atom is -0.472 e. The van der Waals surface area contributed by atoms with Crippen LogP contribution in [-0.2, 0) is 6.42 Å². The smallest absolute Gasteiger partial charge is 0.295 e. The lowest BCUT2D eigenvalue weighted by Gasteiger charge is -2.11. The number of imidazole rings is 1. The molecule has 5 N–H and O–H groups in total. The summed E-state index contributed by atoms with van der Waals surface area (Å²) >= 11 is 2.18. The number of H-pyrrole nitrogens is 1. The number of benzene rings is 2. The molecule has 0 atom stereocenters. The lowest BCUT2D eigenvalue weighted by Crippen LogP contribution is -2.15. The Morgan fingerprint density at radius 1 is 0.788 bits per heavy atom. The summed E-state index contributed by atoms with van der Waals surface area (Å²) in [7, 11) is 2.93. The number of aromatic nitrogens is 8. The SMILES string of the molecule is COc1nnc(NC(=O)c2cnc(C)cc2-c2ccc3nc(Cc4cc(-c5cccc(C(N)=O)c5)c(C(=O)Nc5nnc(OC)s5)cn4)[nH]c3c2)s1. The van der Waals surface area contributed by atoms with Crippen LogP contribution in [0.2, 0.25) is 0 Å². The summed E-state index contributed by atoms with van der Waals surface area (Å²) < 4.78 is 10.2. The second-order valence-electron chi connectivity index (χ2n) is 11.2. The van der Waals surface area contributed by atoms with Crippen LogP contribution >= 0.6 is 22.7 Å². The number of aryl methyl sites for hydroxylation is 1. The van der Waals surface area contributed by atoms with Crippen molar-refractivity contribution >= 4 is 61.7 Å². The number of methoxy groups -OCH3 is 2. The summed E-state index contributed by atoms with van der Waals surface area (Å²) in [5, 5.41) is 22.3. The predicted octanol–water partition coefficient (Wildman–Crippen LogP) is 4.91. The molecular weight excluding hydrogens is 707 g/mol. The van der Waals surface area contributed by atoms with Gasteiger partial charge in [-0.15, -0.1) is 10.2 Å². The number of rotatable bonds is 11. The molecule has 0 bridgehead atoms. The zero-order chi connectivity index (χ0) is 36.4. The molecule has 3 amide bonds. The van der Waals surface area contributed by atoms with Crippen molar-refractivity contribution in [3.05, 3.63) is 101 Å². The average Bonchev–Trinajstić information content (AvgIpc) is 3.91. The number of hydrogen-bond donors (Lipinski definition) is 4. The van der Waals surface area contributed by atoms with Gasteiger partial charge in [0.25, 0.3) is 22.2 Å². The van der Waals surface area contributed by atoms with Crippen LogP contribution < -0.4 is 25.8 Å². The van der Waals surface area contributed by atoms with Crippen molar-refractivity contribution in [2.75, 3.05) is 24.9 Å². The van der Waals surface area contributed by atoms with Crippen LogP contribution in [0, 0.1) is 6.92 Å². The van der Waals surface area contributed by atoms with Crippen molar-refractivity contribution in [2.24, 2.45) is 5.73 Å². The lowest BCUT2D eigenvalue weighted by atomic mass is 9.97. The molecule has 0 radical (unpaired) electrons. The maximum atomic E-state index is 13.5. The standard InChI is InChI=1S/C34H27N11O5S2/c1-16-9-21(23(14-36-16)29(47)40-31-42-44-33(49-2)51-31)18-7-8-25-26(11-18)39-27(38-25)13-20-12-22(17-5-4-6-19(10-17)28(35)46)24(15-37-20)30(48)41-32-43-45-34(50-3)52-32/h4-12,14-15H,13H2,1-3H3,(H2,35,46)(H,38,39)(H,40,42,47)(H,41,43,48). The number of nitrogens with one attached hydrogen (secondary N) is 3. The number of fused-ring (bicyclic) bond motifs is 1. The first-order valence-electron chi connectivity index (χ1n) is 15.4. The van der Waals surface area contributed by atoms with Gasteiger partial charge < -0.3 is 20.2 Å². The van der Waals surface area contributed by atoms with Crippen molar-refractivity contribution in [1.29, 1.82) is 0 Å². The normalized spacial score (nSPS) is 11.0. The monoisotopic (exact) mass is 733 g/mol. The molecule has 16 nitrogen and oxygen atoms in total. The highest BCUT2D eigenvalue weighted by Gasteiger charge is 2.20. The molecular formula is C34H27N11O5S2. The number of aromatic amines is 1. The second kappa shape index (κ2) is 14.3. The van der Waals surface area contributed by atoms with Crippen LogP contribution in [0.3, 0.4) is 0 Å². The summed E-state index contributed by atoms with van der Waals surface area (Å²) in [6.45, 7) is 1.85. The number of carbonyl (C=O) groups excluding carboxylic acids is 3. The molecule has 7 aromatic rings. The number of nitrogens with two attached hydrogens (primary N) is 1. The molecule has 52 heavy (non-hydrogen) atoms. The first-order valence-corrected chi connectivity index (χ1v) is 17.0. The van der Waals surface area contributed by atoms with Gasteiger partial charge in [-0.2, -0.15) is 0 Å². The molecule has 0 saturated carbocycles. The molecule has 5 heterocycles. The molecule has 0 spiro atoms. The number of pyridine rings is 2. The topological polar surface area (TPSA) is 226 Å². The average molecular weight is 734 g/mol. The molecule has 0 aliphatic carbocycles. The van der Waals surface area contributed by atoms with Crippen LogP contribution in [-0.4, -0.2) is 72.3 Å². The van der Waals surface area contributed by atoms with E-state index in [1.54, 1.807) is 30.3 Å². The van der Waals surface area contributed by atoms with Gasteiger partial charge in [-0.25, -0.2) is 4.98 Å². The zero-order valence-electron chi connectivity index (χ0n) is 27.6. The fourth-order valence-corrected chi connectivity index (χ4v) is 6.45. The third-order valence-electron chi connectivity index (χ3n) is 7.74. The fraction of sp³-hybridized carbons (Fsp3) is 0.118. The molecule has 0 fully saturated rings. The zero-order valence-corrected chi connectivity index (χ0v) is 29.3. The Hall–Kier alpha value is -6.66. The van der Waals surface area contributed by atoms with Gasteiger partial charge in [0.1, 0.15) is 5.82 Å². The Kier molecular flexibility index (Phi) is 9.29. The lowest BCUT2D eigenvalue weighted by molar-refractivity contribution is 0.0996. The van der Waals surface area contributed by atoms with Crippen molar-refractivity contribution in [3.8, 4) is 32.6 Å². The summed E-state index contributed by atoms with van der Waals surface area (Å²) in [6.07, 6.45) is 3.28. The highest BCUT2D eigenvalue weighted by atomic mass is 32.1. The van der Waals surface area contributed by atoms with E-state index in [0.29, 0.717) is 54.8 Å². The van der Waals surface area contributed by atoms with Crippen molar-refractivity contribution in [1.82, 2.24) is 40.3 Å². The van der Waals surface area contributed by atoms with E-state index in [-0.39, 0.29) is 22.7 Å². The van der Waals surface area contributed by atoms with Crippen molar-refractivity contribution in [3.63, 3.8) is 0 Å². The Morgan fingerprint density at radius 2 is 1.42 bits per heavy atom. The van der Waals surface area contributed by atoms with Crippen LogP contribution in [0.4, 0.5) is 10.3 Å². The number of anilines is 2. The maximum Gasteiger partial charge on any atom is 0.295 e. The molecule has 0 unspecified atom stereocenters. The molecule has 260 valence electrons. The minimum atomic E-state index is -0.600. The number of nitrogens with zero attached hydrogens (tertiary/aromatic N) is 7. The Bertz CT molecular complexity index is 2490. The summed E-state index contributed by atoms with van der Waals surface area (Å²) in [6, 6.07) is 16.0. The quantitative estimate of drug-likeness (QED) is 0.139. The molecule has 7 rings (SSSR count). The highest BCUT2D eigenvalue weighted by Crippen LogP contribution is 2.31. The van der Waals surface area contributed by atoms with Crippen LogP contribution in [0.15, 0.2) is 67.0 Å². The number of amides is 3. The number of ether oxygens (including phenoxy) is 2. The second-order valence-corrected chi connectivity index (χ2v) is 13.1. The molecule has 0 aliphatic heterocycles. The van der Waals surface area contributed by atoms with E-state index >= 15 is 0 Å². The largest absolute Gasteiger partial charge is 0.472 e. The molecule has 0 aliphatic rings. The number of primary amides is 1. The summed E-state index contributed by atoms with van der Waals surface area (Å²) in [4.78, 5) is 55.8. The summed E-state index contributed by atoms with van der Waals surface area (Å²) in [5.41, 5.74) is 11.8. The van der Waals surface area contributed by atoms with Crippen LogP contribution in [0.5, 0.6) is 10.4 Å². The Labute approximate surface area is 302 Å². The van der Waals surface area contributed by atoms with Gasteiger partial charge in [0.2, 0.25) is 16.2 Å². The van der Waals surface area contributed by atoms with Gasteiger partial charge in [0.15, 0.2) is 0 Å². The van der Waals surface area contributed by atoms with E-state index in [4.69, 9.17) is 20.2 Å². The van der Waals surface area contributed by atoms with E-state index in [9.17, 15) is 14.4 Å². The van der Waals surface area contributed by atoms with E-state index in [2.05, 4.69) is 46.0 Å². The van der Waals surface area contributed by atoms with Gasteiger partial charge in [0, 0.05) is 35.8 Å². The van der Waals surface area contributed by atoms with Gasteiger partial charge in [-0.1, -0.05) is 28.4 Å². The minimum absolute atomic E-state index is 0.242. The van der Waals surface area contributed by atoms with Gasteiger partial charge in [0.05, 0.1) is 36.4 Å². The van der Waals surface area contributed by atoms with Crippen molar-refractivity contribution < 1.29 is 23.9 Å². The van der Waals surface area contributed by atoms with Gasteiger partial charge in [-0.3, -0.25) is 35.0 Å². The maximum absolute atomic E-state index is 13.5. The van der Waals surface area contributed by atoms with Gasteiger partial charge in [-0.05, 0) is 88.2 Å². The highest BCUT2D eigenvalue weighted by molar-refractivity contribution is 7.17. The van der Waals surface area contributed by atoms with E-state index < -0.39 is 17.7 Å². The molecule has 2 aromatic carbocycles. The molecule has 0 saturated heterocycles. The fourth-order valence-electron chi connectivity index (χ4n) is 5.33. The predicted molar refractivity (Wildman–Crippen MR) is 194 cm³/mol. The van der Waals surface area contributed by atoms with Crippen molar-refractivity contribution in [2.45, 2.75) is 13.3 Å². The van der Waals surface area contributed by atoms with Crippen LogP contribution in [0.1, 0.15) is 48.3 Å². The Morgan fingerprint density at radius 3 is 2.06 bits per heavy atom. The third-order valence-corrected chi connectivity index (χ3v) is 9.34. The van der Waals surface area contributed by atoms with E-state index in [1.807, 2.05) is 31.2 Å². The first-order chi connectivity index (χ1) is 25.2. The van der Waals surface area contributed by atoms with E-state index in [1.165, 1.54) is 26.6 Å². The molecule has 18 heteroatoms. The first kappa shape index (κ1) is 33.8. The van der Waals surface area contributed by atoms with Gasteiger partial charge >= 0.3 is 0 Å². The number of hydrogen-bond acceptors (Lipinski definition) is 14. The van der Waals surface area contributed by atoms with Crippen LogP contribution in [0.25, 0.3) is 33.3 Å². The number of carbonyl (C=O) groups is 3. The Balaban J connectivity index is 1.19. The summed E-state index contributed by atoms with van der Waals surface area (Å²) in [5.74, 6) is -0.855.